The summed E-state index contributed by atoms with van der Waals surface area (Å²) in [6.07, 6.45) is 1.02. The number of aryl methyl sites for hydroxylation is 1. The van der Waals surface area contributed by atoms with Crippen LogP contribution in [0.2, 0.25) is 0 Å². The monoisotopic (exact) mass is 624 g/mol. The smallest absolute Gasteiger partial charge is 0.391 e. The normalized spacial score (nSPS) is 20.0. The maximum absolute atomic E-state index is 13.0. The van der Waals surface area contributed by atoms with Crippen LogP contribution in [0.1, 0.15) is 88.9 Å². The second kappa shape index (κ2) is 15.1. The fourth-order valence-electron chi connectivity index (χ4n) is 6.02. The molecule has 2 aliphatic rings. The molecule has 1 saturated carbocycles. The first-order valence-corrected chi connectivity index (χ1v) is 14.1. The minimum Gasteiger partial charge on any atom is -0.489 e. The van der Waals surface area contributed by atoms with Crippen LogP contribution in [0, 0.1) is 5.92 Å². The van der Waals surface area contributed by atoms with Crippen LogP contribution in [-0.2, 0) is 19.4 Å². The molecule has 0 saturated heterocycles. The Kier molecular flexibility index (Phi) is 12.1. The summed E-state index contributed by atoms with van der Waals surface area (Å²) in [6, 6.07) is 19.7. The summed E-state index contributed by atoms with van der Waals surface area (Å²) in [5.74, 6) is -1.14. The average molecular weight is 626 g/mol. The largest absolute Gasteiger partial charge is 0.489 e. The molecule has 0 radical (unpaired) electrons. The number of fused-ring (bicyclic) bond motifs is 1. The average Bonchev–Trinajstić information content (AvgIpc) is 2.96. The van der Waals surface area contributed by atoms with Crippen molar-refractivity contribution < 1.29 is 27.8 Å². The first-order valence-electron chi connectivity index (χ1n) is 14.1. The van der Waals surface area contributed by atoms with Crippen LogP contribution in [0.3, 0.4) is 0 Å². The highest BCUT2D eigenvalue weighted by Crippen LogP contribution is 2.43. The van der Waals surface area contributed by atoms with Gasteiger partial charge in [-0.2, -0.15) is 13.2 Å². The second-order valence-corrected chi connectivity index (χ2v) is 10.9. The number of halogens is 5. The van der Waals surface area contributed by atoms with Crippen molar-refractivity contribution in [3.05, 3.63) is 94.3 Å². The van der Waals surface area contributed by atoms with E-state index < -0.39 is 18.1 Å². The van der Waals surface area contributed by atoms with Gasteiger partial charge in [-0.15, -0.1) is 24.8 Å². The molecule has 1 atom stereocenters. The van der Waals surface area contributed by atoms with Gasteiger partial charge in [0.05, 0.1) is 5.92 Å². The minimum absolute atomic E-state index is 0. The predicted molar refractivity (Wildman–Crippen MR) is 161 cm³/mol. The lowest BCUT2D eigenvalue weighted by Crippen LogP contribution is -2.28. The van der Waals surface area contributed by atoms with Crippen LogP contribution in [0.4, 0.5) is 13.2 Å². The summed E-state index contributed by atoms with van der Waals surface area (Å²) in [5, 5.41) is 12.9. The third-order valence-electron chi connectivity index (χ3n) is 8.30. The van der Waals surface area contributed by atoms with Crippen molar-refractivity contribution in [2.75, 3.05) is 6.54 Å². The molecule has 1 unspecified atom stereocenters. The molecule has 1 aromatic heterocycles. The number of aromatic nitrogens is 1. The van der Waals surface area contributed by atoms with E-state index in [1.807, 2.05) is 48.5 Å². The Morgan fingerprint density at radius 1 is 0.952 bits per heavy atom. The number of alkyl halides is 3. The van der Waals surface area contributed by atoms with E-state index in [1.54, 1.807) is 6.07 Å². The Bertz CT molecular complexity index is 1310. The summed E-state index contributed by atoms with van der Waals surface area (Å²) in [6.45, 7) is 1.16. The van der Waals surface area contributed by atoms with Crippen molar-refractivity contribution in [3.8, 4) is 5.75 Å². The fraction of sp³-hybridized carbons (Fsp3) is 0.438. The number of hydrogen-bond donors (Lipinski definition) is 2. The number of rotatable bonds is 9. The lowest BCUT2D eigenvalue weighted by atomic mass is 9.78. The molecular formula is C32H37Cl2F3N2O3. The molecular weight excluding hydrogens is 588 g/mol. The van der Waals surface area contributed by atoms with Crippen molar-refractivity contribution >= 4 is 30.8 Å². The number of hydrogen-bond acceptors (Lipinski definition) is 4. The zero-order valence-corrected chi connectivity index (χ0v) is 24.9. The molecule has 0 amide bonds. The Balaban J connectivity index is 0.00000242. The standard InChI is InChI=1S/C32H35F3N2O3.2ClH/c33-32(34,35)25-14-12-23(13-15-25)22-10-8-21(9-11-22)20-40-30-7-2-1-4-24(30)18-19-36-27-5-3-6-28-26(27)16-17-29(37-28)31(38)39;;/h1-2,4,7-11,16-17,23,25,27,36H,3,5-6,12-15,18-20H2,(H,38,39);2*1H/t23-,25-,27?;;. The van der Waals surface area contributed by atoms with Crippen LogP contribution in [0.5, 0.6) is 5.75 Å². The Morgan fingerprint density at radius 2 is 1.67 bits per heavy atom. The Hall–Kier alpha value is -2.81. The molecule has 1 heterocycles. The second-order valence-electron chi connectivity index (χ2n) is 10.9. The highest BCUT2D eigenvalue weighted by molar-refractivity contribution is 5.86. The number of nitrogens with one attached hydrogen (secondary N) is 1. The topological polar surface area (TPSA) is 71.5 Å². The number of nitrogens with zero attached hydrogens (tertiary/aromatic N) is 1. The fourth-order valence-corrected chi connectivity index (χ4v) is 6.02. The Labute approximate surface area is 257 Å². The van der Waals surface area contributed by atoms with Gasteiger partial charge in [-0.1, -0.05) is 48.5 Å². The van der Waals surface area contributed by atoms with E-state index in [0.29, 0.717) is 19.4 Å². The highest BCUT2D eigenvalue weighted by Gasteiger charge is 2.41. The van der Waals surface area contributed by atoms with Crippen molar-refractivity contribution in [1.29, 1.82) is 0 Å². The van der Waals surface area contributed by atoms with E-state index in [4.69, 9.17) is 4.74 Å². The van der Waals surface area contributed by atoms with Gasteiger partial charge >= 0.3 is 12.1 Å². The molecule has 0 aliphatic heterocycles. The van der Waals surface area contributed by atoms with Gasteiger partial charge in [0.2, 0.25) is 0 Å². The van der Waals surface area contributed by atoms with E-state index in [1.165, 1.54) is 0 Å². The lowest BCUT2D eigenvalue weighted by molar-refractivity contribution is -0.182. The Morgan fingerprint density at radius 3 is 2.36 bits per heavy atom. The maximum Gasteiger partial charge on any atom is 0.391 e. The van der Waals surface area contributed by atoms with Gasteiger partial charge in [-0.25, -0.2) is 9.78 Å². The summed E-state index contributed by atoms with van der Waals surface area (Å²) in [7, 11) is 0. The molecule has 1 fully saturated rings. The van der Waals surface area contributed by atoms with Crippen LogP contribution in [-0.4, -0.2) is 28.8 Å². The molecule has 2 aromatic carbocycles. The molecule has 228 valence electrons. The molecule has 0 spiro atoms. The van der Waals surface area contributed by atoms with Crippen molar-refractivity contribution in [3.63, 3.8) is 0 Å². The number of benzene rings is 2. The molecule has 5 nitrogen and oxygen atoms in total. The van der Waals surface area contributed by atoms with Gasteiger partial charge in [0.15, 0.2) is 0 Å². The van der Waals surface area contributed by atoms with Crippen LogP contribution >= 0.6 is 24.8 Å². The van der Waals surface area contributed by atoms with E-state index >= 15 is 0 Å². The van der Waals surface area contributed by atoms with E-state index in [0.717, 1.165) is 65.9 Å². The number of pyridine rings is 1. The van der Waals surface area contributed by atoms with E-state index in [9.17, 15) is 23.1 Å². The van der Waals surface area contributed by atoms with E-state index in [-0.39, 0.29) is 55.3 Å². The number of carboxylic acids is 1. The molecule has 42 heavy (non-hydrogen) atoms. The molecule has 10 heteroatoms. The summed E-state index contributed by atoms with van der Waals surface area (Å²) < 4.78 is 45.1. The first kappa shape index (κ1) is 33.7. The molecule has 5 rings (SSSR count). The minimum atomic E-state index is -4.08. The van der Waals surface area contributed by atoms with Gasteiger partial charge < -0.3 is 15.2 Å². The van der Waals surface area contributed by atoms with Crippen molar-refractivity contribution in [1.82, 2.24) is 10.3 Å². The lowest BCUT2D eigenvalue weighted by Gasteiger charge is -2.30. The summed E-state index contributed by atoms with van der Waals surface area (Å²) in [4.78, 5) is 15.6. The number of ether oxygens (including phenoxy) is 1. The van der Waals surface area contributed by atoms with Crippen LogP contribution in [0.15, 0.2) is 60.7 Å². The summed E-state index contributed by atoms with van der Waals surface area (Å²) >= 11 is 0. The van der Waals surface area contributed by atoms with E-state index in [2.05, 4.69) is 16.4 Å². The number of carbonyl (C=O) groups is 1. The zero-order chi connectivity index (χ0) is 28.1. The van der Waals surface area contributed by atoms with Crippen LogP contribution in [0.25, 0.3) is 0 Å². The highest BCUT2D eigenvalue weighted by atomic mass is 35.5. The predicted octanol–water partition coefficient (Wildman–Crippen LogP) is 8.25. The van der Waals surface area contributed by atoms with Gasteiger partial charge in [-0.05, 0) is 98.2 Å². The summed E-state index contributed by atoms with van der Waals surface area (Å²) in [5.41, 5.74) is 5.27. The quantitative estimate of drug-likeness (QED) is 0.251. The third-order valence-corrected chi connectivity index (χ3v) is 8.30. The van der Waals surface area contributed by atoms with Crippen molar-refractivity contribution in [2.24, 2.45) is 5.92 Å². The maximum atomic E-state index is 13.0. The number of aromatic carboxylic acids is 1. The van der Waals surface area contributed by atoms with Gasteiger partial charge in [-0.3, -0.25) is 0 Å². The van der Waals surface area contributed by atoms with Gasteiger partial charge in [0.25, 0.3) is 0 Å². The molecule has 2 aliphatic carbocycles. The number of para-hydroxylation sites is 1. The third kappa shape index (κ3) is 8.39. The van der Waals surface area contributed by atoms with Crippen LogP contribution < -0.4 is 10.1 Å². The molecule has 0 bridgehead atoms. The molecule has 3 aromatic rings. The van der Waals surface area contributed by atoms with Gasteiger partial charge in [0.1, 0.15) is 18.1 Å². The SMILES string of the molecule is Cl.Cl.O=C(O)c1ccc2c(n1)CCCC2NCCc1ccccc1OCc1ccc([C@H]2CC[C@H](C(F)(F)F)CC2)cc1. The zero-order valence-electron chi connectivity index (χ0n) is 23.2. The van der Waals surface area contributed by atoms with Gasteiger partial charge in [0, 0.05) is 11.7 Å². The van der Waals surface area contributed by atoms with Crippen molar-refractivity contribution in [2.45, 2.75) is 76.1 Å². The number of carboxylic acid groups (broad SMARTS) is 1. The first-order chi connectivity index (χ1) is 19.3. The molecule has 2 N–H and O–H groups in total.